The average Bonchev–Trinajstić information content (AvgIpc) is 2.97. The van der Waals surface area contributed by atoms with Crippen molar-refractivity contribution < 1.29 is 4.79 Å². The molecular weight excluding hydrogens is 296 g/mol. The van der Waals surface area contributed by atoms with E-state index >= 15 is 0 Å². The van der Waals surface area contributed by atoms with E-state index in [9.17, 15) is 4.79 Å². The smallest absolute Gasteiger partial charge is 0.250 e. The molecule has 0 saturated carbocycles. The molecule has 118 valence electrons. The summed E-state index contributed by atoms with van der Waals surface area (Å²) in [5, 5.41) is 0. The van der Waals surface area contributed by atoms with Crippen LogP contribution >= 0.6 is 0 Å². The maximum absolute atomic E-state index is 12.2. The maximum Gasteiger partial charge on any atom is 0.343 e. The van der Waals surface area contributed by atoms with Gasteiger partial charge in [-0.15, -0.1) is 0 Å². The minimum atomic E-state index is -0.129. The first-order chi connectivity index (χ1) is 11.8. The van der Waals surface area contributed by atoms with Crippen LogP contribution < -0.4 is 0 Å². The van der Waals surface area contributed by atoms with Gasteiger partial charge < -0.3 is 0 Å². The lowest BCUT2D eigenvalue weighted by molar-refractivity contribution is 0.217. The number of carbonyl (C=O) groups excluding carboxylic acids is 1. The van der Waals surface area contributed by atoms with E-state index in [0.717, 1.165) is 11.1 Å². The van der Waals surface area contributed by atoms with Gasteiger partial charge in [-0.25, -0.2) is 4.79 Å². The third kappa shape index (κ3) is 4.18. The Labute approximate surface area is 142 Å². The van der Waals surface area contributed by atoms with E-state index in [1.807, 2.05) is 60.7 Å². The zero-order chi connectivity index (χ0) is 16.6. The maximum atomic E-state index is 12.2. The topological polar surface area (TPSA) is 23.6 Å². The van der Waals surface area contributed by atoms with Crippen molar-refractivity contribution in [3.8, 4) is 23.9 Å². The van der Waals surface area contributed by atoms with Crippen LogP contribution in [-0.4, -0.2) is 28.9 Å². The Morgan fingerprint density at radius 3 is 1.54 bits per heavy atom. The van der Waals surface area contributed by atoms with Crippen molar-refractivity contribution in [3.05, 3.63) is 71.8 Å². The fraction of sp³-hybridized carbons (Fsp3) is 0.190. The summed E-state index contributed by atoms with van der Waals surface area (Å²) in [7, 11) is 0. The summed E-state index contributed by atoms with van der Waals surface area (Å²) in [6.45, 7) is 1.20. The van der Waals surface area contributed by atoms with Gasteiger partial charge in [0, 0.05) is 24.9 Å². The third-order valence-corrected chi connectivity index (χ3v) is 3.71. The lowest BCUT2D eigenvalue weighted by Gasteiger charge is -2.06. The van der Waals surface area contributed by atoms with Gasteiger partial charge in [-0.05, 0) is 11.1 Å². The van der Waals surface area contributed by atoms with Crippen molar-refractivity contribution in [2.75, 3.05) is 13.1 Å². The molecule has 2 aromatic rings. The second-order valence-corrected chi connectivity index (χ2v) is 5.49. The molecule has 1 aliphatic rings. The van der Waals surface area contributed by atoms with Gasteiger partial charge in [-0.2, -0.15) is 0 Å². The number of nitrogens with zero attached hydrogens (tertiary/aromatic N) is 2. The van der Waals surface area contributed by atoms with Gasteiger partial charge in [-0.3, -0.25) is 9.80 Å². The van der Waals surface area contributed by atoms with Gasteiger partial charge >= 0.3 is 6.03 Å². The molecule has 1 fully saturated rings. The number of hydrogen-bond acceptors (Lipinski definition) is 1. The van der Waals surface area contributed by atoms with Crippen LogP contribution in [0.25, 0.3) is 0 Å². The van der Waals surface area contributed by atoms with E-state index in [4.69, 9.17) is 0 Å². The normalized spacial score (nSPS) is 13.1. The first kappa shape index (κ1) is 15.7. The fourth-order valence-electron chi connectivity index (χ4n) is 2.41. The van der Waals surface area contributed by atoms with E-state index in [1.54, 1.807) is 9.80 Å². The monoisotopic (exact) mass is 314 g/mol. The number of carbonyl (C=O) groups is 1. The van der Waals surface area contributed by atoms with Gasteiger partial charge in [0.2, 0.25) is 0 Å². The molecule has 1 heterocycles. The zero-order valence-electron chi connectivity index (χ0n) is 13.4. The lowest BCUT2D eigenvalue weighted by Crippen LogP contribution is -2.25. The summed E-state index contributed by atoms with van der Waals surface area (Å²) in [6.07, 6.45) is 1.29. The van der Waals surface area contributed by atoms with E-state index in [1.165, 1.54) is 0 Å². The molecule has 0 aliphatic carbocycles. The van der Waals surface area contributed by atoms with Crippen LogP contribution in [0.15, 0.2) is 60.7 Å². The summed E-state index contributed by atoms with van der Waals surface area (Å²) in [5.41, 5.74) is 2.30. The molecule has 3 nitrogen and oxygen atoms in total. The van der Waals surface area contributed by atoms with Crippen molar-refractivity contribution in [1.82, 2.24) is 9.80 Å². The quantitative estimate of drug-likeness (QED) is 0.781. The Morgan fingerprint density at radius 1 is 0.708 bits per heavy atom. The number of urea groups is 1. The standard InChI is InChI=1S/C21H18N2O/c24-21-22(15-7-13-19-9-3-1-4-10-19)17-18-23(21)16-8-14-20-11-5-2-6-12-20/h1-6,9-12H,13-14,17-18H2. The van der Waals surface area contributed by atoms with Gasteiger partial charge in [0.15, 0.2) is 0 Å². The molecule has 0 spiro atoms. The molecule has 2 aromatic carbocycles. The van der Waals surface area contributed by atoms with E-state index in [2.05, 4.69) is 23.9 Å². The zero-order valence-corrected chi connectivity index (χ0v) is 13.4. The molecular formula is C21H18N2O. The van der Waals surface area contributed by atoms with Crippen LogP contribution in [0.5, 0.6) is 0 Å². The fourth-order valence-corrected chi connectivity index (χ4v) is 2.41. The highest BCUT2D eigenvalue weighted by Gasteiger charge is 2.26. The minimum Gasteiger partial charge on any atom is -0.250 e. The summed E-state index contributed by atoms with van der Waals surface area (Å²) in [5.74, 6) is 6.11. The number of benzene rings is 2. The molecule has 0 bridgehead atoms. The highest BCUT2D eigenvalue weighted by Crippen LogP contribution is 2.06. The molecule has 3 heteroatoms. The molecule has 0 atom stereocenters. The molecule has 0 unspecified atom stereocenters. The Balaban J connectivity index is 1.54. The Morgan fingerprint density at radius 2 is 1.12 bits per heavy atom. The summed E-state index contributed by atoms with van der Waals surface area (Å²) < 4.78 is 0. The first-order valence-corrected chi connectivity index (χ1v) is 7.97. The molecule has 1 saturated heterocycles. The van der Waals surface area contributed by atoms with Crippen molar-refractivity contribution >= 4 is 6.03 Å². The van der Waals surface area contributed by atoms with Crippen LogP contribution in [0.3, 0.4) is 0 Å². The van der Waals surface area contributed by atoms with E-state index in [-0.39, 0.29) is 6.03 Å². The molecule has 0 radical (unpaired) electrons. The summed E-state index contributed by atoms with van der Waals surface area (Å²) in [6, 6.07) is 25.8. The van der Waals surface area contributed by atoms with Crippen molar-refractivity contribution in [1.29, 1.82) is 0 Å². The van der Waals surface area contributed by atoms with Gasteiger partial charge in [0.1, 0.15) is 0 Å². The molecule has 24 heavy (non-hydrogen) atoms. The average molecular weight is 314 g/mol. The molecule has 0 aromatic heterocycles. The van der Waals surface area contributed by atoms with Crippen LogP contribution in [-0.2, 0) is 12.8 Å². The Kier molecular flexibility index (Phi) is 5.17. The molecule has 3 rings (SSSR count). The number of rotatable bonds is 2. The summed E-state index contributed by atoms with van der Waals surface area (Å²) >= 11 is 0. The van der Waals surface area contributed by atoms with Gasteiger partial charge in [0.05, 0.1) is 13.1 Å². The first-order valence-electron chi connectivity index (χ1n) is 7.97. The van der Waals surface area contributed by atoms with Crippen LogP contribution in [0.4, 0.5) is 4.79 Å². The molecule has 1 aliphatic heterocycles. The van der Waals surface area contributed by atoms with Gasteiger partial charge in [-0.1, -0.05) is 72.5 Å². The van der Waals surface area contributed by atoms with Crippen molar-refractivity contribution in [3.63, 3.8) is 0 Å². The van der Waals surface area contributed by atoms with Crippen LogP contribution in [0.2, 0.25) is 0 Å². The highest BCUT2D eigenvalue weighted by atomic mass is 16.2. The Hall–Kier alpha value is -3.17. The lowest BCUT2D eigenvalue weighted by atomic mass is 10.2. The van der Waals surface area contributed by atoms with Crippen LogP contribution in [0.1, 0.15) is 11.1 Å². The number of amides is 2. The second-order valence-electron chi connectivity index (χ2n) is 5.49. The number of hydrogen-bond donors (Lipinski definition) is 0. The summed E-state index contributed by atoms with van der Waals surface area (Å²) in [4.78, 5) is 15.3. The molecule has 0 N–H and O–H groups in total. The van der Waals surface area contributed by atoms with Crippen molar-refractivity contribution in [2.24, 2.45) is 0 Å². The predicted octanol–water partition coefficient (Wildman–Crippen LogP) is 3.13. The second kappa shape index (κ2) is 7.90. The predicted molar refractivity (Wildman–Crippen MR) is 94.7 cm³/mol. The van der Waals surface area contributed by atoms with E-state index < -0.39 is 0 Å². The Bertz CT molecular complexity index is 737. The largest absolute Gasteiger partial charge is 0.343 e. The van der Waals surface area contributed by atoms with Crippen molar-refractivity contribution in [2.45, 2.75) is 12.8 Å². The molecule has 2 amide bonds. The SMILES string of the molecule is O=C1N(C#CCc2ccccc2)CCN1C#CCc1ccccc1. The van der Waals surface area contributed by atoms with Crippen LogP contribution in [0, 0.1) is 23.9 Å². The highest BCUT2D eigenvalue weighted by molar-refractivity contribution is 5.80. The minimum absolute atomic E-state index is 0.129. The van der Waals surface area contributed by atoms with Gasteiger partial charge in [0.25, 0.3) is 0 Å². The third-order valence-electron chi connectivity index (χ3n) is 3.71. The van der Waals surface area contributed by atoms with E-state index in [0.29, 0.717) is 25.9 Å².